The minimum absolute atomic E-state index is 0.223. The van der Waals surface area contributed by atoms with Crippen molar-refractivity contribution in [3.05, 3.63) is 28.8 Å². The van der Waals surface area contributed by atoms with E-state index in [1.54, 1.807) is 19.2 Å². The number of nitrogens with zero attached hydrogens (tertiary/aromatic N) is 2. The first-order valence-corrected chi connectivity index (χ1v) is 5.36. The number of hydrogen-bond acceptors (Lipinski definition) is 3. The van der Waals surface area contributed by atoms with Gasteiger partial charge < -0.3 is 9.84 Å². The normalized spacial score (nSPS) is 11.1. The summed E-state index contributed by atoms with van der Waals surface area (Å²) in [5.74, 6) is 1.09. The largest absolute Gasteiger partial charge is 0.506 e. The standard InChI is InChI=1S/C10H11BrN2O2/c1-15-6-4-8-12-10(11)9-7(14)3-2-5-13(8)9/h2-3,5,14H,4,6H2,1H3. The fourth-order valence-corrected chi connectivity index (χ4v) is 2.11. The maximum atomic E-state index is 9.67. The maximum absolute atomic E-state index is 9.67. The molecule has 2 aromatic heterocycles. The molecule has 0 atom stereocenters. The van der Waals surface area contributed by atoms with Gasteiger partial charge in [0.1, 0.15) is 21.7 Å². The van der Waals surface area contributed by atoms with Crippen LogP contribution in [0, 0.1) is 0 Å². The van der Waals surface area contributed by atoms with Crippen LogP contribution in [0.1, 0.15) is 5.82 Å². The van der Waals surface area contributed by atoms with Gasteiger partial charge in [-0.25, -0.2) is 4.98 Å². The van der Waals surface area contributed by atoms with Gasteiger partial charge in [-0.05, 0) is 28.1 Å². The molecule has 0 fully saturated rings. The Hall–Kier alpha value is -1.07. The van der Waals surface area contributed by atoms with Crippen LogP contribution in [0.5, 0.6) is 5.75 Å². The molecular weight excluding hydrogens is 260 g/mol. The number of hydrogen-bond donors (Lipinski definition) is 1. The topological polar surface area (TPSA) is 46.8 Å². The predicted octanol–water partition coefficient (Wildman–Crippen LogP) is 1.99. The van der Waals surface area contributed by atoms with E-state index in [9.17, 15) is 5.11 Å². The molecule has 0 aliphatic heterocycles. The van der Waals surface area contributed by atoms with Crippen molar-refractivity contribution in [2.24, 2.45) is 0 Å². The Kier molecular flexibility index (Phi) is 2.93. The molecule has 0 radical (unpaired) electrons. The summed E-state index contributed by atoms with van der Waals surface area (Å²) in [6.07, 6.45) is 2.59. The molecule has 5 heteroatoms. The van der Waals surface area contributed by atoms with Gasteiger partial charge in [-0.1, -0.05) is 0 Å². The van der Waals surface area contributed by atoms with E-state index in [0.29, 0.717) is 23.1 Å². The summed E-state index contributed by atoms with van der Waals surface area (Å²) in [6, 6.07) is 3.43. The molecule has 0 saturated carbocycles. The average molecular weight is 271 g/mol. The van der Waals surface area contributed by atoms with Gasteiger partial charge in [-0.15, -0.1) is 0 Å². The number of pyridine rings is 1. The Morgan fingerprint density at radius 1 is 1.60 bits per heavy atom. The minimum Gasteiger partial charge on any atom is -0.506 e. The quantitative estimate of drug-likeness (QED) is 0.928. The van der Waals surface area contributed by atoms with E-state index in [0.717, 1.165) is 5.82 Å². The summed E-state index contributed by atoms with van der Waals surface area (Å²) in [5.41, 5.74) is 0.698. The highest BCUT2D eigenvalue weighted by atomic mass is 79.9. The van der Waals surface area contributed by atoms with Crippen LogP contribution in [0.25, 0.3) is 5.52 Å². The molecule has 0 aliphatic rings. The second kappa shape index (κ2) is 4.20. The second-order valence-corrected chi connectivity index (χ2v) is 3.92. The Balaban J connectivity index is 2.53. The summed E-state index contributed by atoms with van der Waals surface area (Å²) in [6.45, 7) is 0.612. The Labute approximate surface area is 95.6 Å². The molecule has 0 saturated heterocycles. The van der Waals surface area contributed by atoms with Crippen LogP contribution in [0.4, 0.5) is 0 Å². The summed E-state index contributed by atoms with van der Waals surface area (Å²) in [7, 11) is 1.66. The number of fused-ring (bicyclic) bond motifs is 1. The van der Waals surface area contributed by atoms with Gasteiger partial charge >= 0.3 is 0 Å². The van der Waals surface area contributed by atoms with E-state index in [2.05, 4.69) is 20.9 Å². The van der Waals surface area contributed by atoms with E-state index in [4.69, 9.17) is 4.74 Å². The van der Waals surface area contributed by atoms with E-state index >= 15 is 0 Å². The number of methoxy groups -OCH3 is 1. The Morgan fingerprint density at radius 2 is 2.40 bits per heavy atom. The summed E-state index contributed by atoms with van der Waals surface area (Å²) < 4.78 is 7.52. The molecule has 0 unspecified atom stereocenters. The summed E-state index contributed by atoms with van der Waals surface area (Å²) in [4.78, 5) is 4.33. The lowest BCUT2D eigenvalue weighted by molar-refractivity contribution is 0.200. The number of ether oxygens (including phenoxy) is 1. The lowest BCUT2D eigenvalue weighted by Gasteiger charge is -2.01. The van der Waals surface area contributed by atoms with Crippen LogP contribution in [0.2, 0.25) is 0 Å². The Morgan fingerprint density at radius 3 is 3.13 bits per heavy atom. The number of halogens is 1. The van der Waals surface area contributed by atoms with Crippen molar-refractivity contribution in [3.8, 4) is 5.75 Å². The van der Waals surface area contributed by atoms with Crippen molar-refractivity contribution >= 4 is 21.4 Å². The highest BCUT2D eigenvalue weighted by molar-refractivity contribution is 9.10. The molecule has 4 nitrogen and oxygen atoms in total. The van der Waals surface area contributed by atoms with Crippen LogP contribution < -0.4 is 0 Å². The lowest BCUT2D eigenvalue weighted by Crippen LogP contribution is -1.99. The van der Waals surface area contributed by atoms with Crippen LogP contribution in [-0.2, 0) is 11.2 Å². The molecule has 2 aromatic rings. The molecule has 0 amide bonds. The van der Waals surface area contributed by atoms with Crippen molar-refractivity contribution in [2.45, 2.75) is 6.42 Å². The van der Waals surface area contributed by atoms with Crippen LogP contribution in [-0.4, -0.2) is 28.2 Å². The minimum atomic E-state index is 0.223. The number of imidazole rings is 1. The van der Waals surface area contributed by atoms with Gasteiger partial charge in [0.05, 0.1) is 6.61 Å². The molecular formula is C10H11BrN2O2. The molecule has 0 aromatic carbocycles. The van der Waals surface area contributed by atoms with Crippen molar-refractivity contribution in [1.82, 2.24) is 9.38 Å². The van der Waals surface area contributed by atoms with E-state index < -0.39 is 0 Å². The summed E-state index contributed by atoms with van der Waals surface area (Å²) >= 11 is 3.33. The Bertz CT molecular complexity index is 481. The lowest BCUT2D eigenvalue weighted by atomic mass is 10.4. The van der Waals surface area contributed by atoms with Crippen molar-refractivity contribution in [2.75, 3.05) is 13.7 Å². The number of rotatable bonds is 3. The van der Waals surface area contributed by atoms with Gasteiger partial charge in [-0.2, -0.15) is 0 Å². The van der Waals surface area contributed by atoms with Gasteiger partial charge in [0.15, 0.2) is 0 Å². The average Bonchev–Trinajstić information content (AvgIpc) is 2.54. The third-order valence-electron chi connectivity index (χ3n) is 2.20. The third-order valence-corrected chi connectivity index (χ3v) is 2.76. The van der Waals surface area contributed by atoms with Gasteiger partial charge in [-0.3, -0.25) is 4.40 Å². The summed E-state index contributed by atoms with van der Waals surface area (Å²) in [5, 5.41) is 9.67. The molecule has 80 valence electrons. The fraction of sp³-hybridized carbons (Fsp3) is 0.300. The SMILES string of the molecule is COCCc1nc(Br)c2c(O)cccn12. The molecule has 2 heterocycles. The molecule has 0 bridgehead atoms. The molecule has 0 aliphatic carbocycles. The van der Waals surface area contributed by atoms with Gasteiger partial charge in [0.2, 0.25) is 0 Å². The van der Waals surface area contributed by atoms with Gasteiger partial charge in [0.25, 0.3) is 0 Å². The van der Waals surface area contributed by atoms with Crippen molar-refractivity contribution < 1.29 is 9.84 Å². The maximum Gasteiger partial charge on any atom is 0.142 e. The van der Waals surface area contributed by atoms with Crippen molar-refractivity contribution in [3.63, 3.8) is 0 Å². The number of aromatic hydroxyl groups is 1. The fourth-order valence-electron chi connectivity index (χ4n) is 1.51. The first kappa shape index (κ1) is 10.4. The van der Waals surface area contributed by atoms with Gasteiger partial charge in [0, 0.05) is 19.7 Å². The second-order valence-electron chi connectivity index (χ2n) is 3.17. The molecule has 2 rings (SSSR count). The molecule has 1 N–H and O–H groups in total. The van der Waals surface area contributed by atoms with Crippen molar-refractivity contribution in [1.29, 1.82) is 0 Å². The molecule has 15 heavy (non-hydrogen) atoms. The smallest absolute Gasteiger partial charge is 0.142 e. The zero-order valence-corrected chi connectivity index (χ0v) is 9.86. The predicted molar refractivity (Wildman–Crippen MR) is 60.1 cm³/mol. The third kappa shape index (κ3) is 1.85. The zero-order valence-electron chi connectivity index (χ0n) is 8.27. The van der Waals surface area contributed by atoms with E-state index in [1.165, 1.54) is 0 Å². The van der Waals surface area contributed by atoms with Crippen LogP contribution in [0.15, 0.2) is 22.9 Å². The van der Waals surface area contributed by atoms with Crippen LogP contribution >= 0.6 is 15.9 Å². The first-order chi connectivity index (χ1) is 7.24. The highest BCUT2D eigenvalue weighted by Crippen LogP contribution is 2.27. The van der Waals surface area contributed by atoms with E-state index in [1.807, 2.05) is 10.6 Å². The van der Waals surface area contributed by atoms with Crippen LogP contribution in [0.3, 0.4) is 0 Å². The first-order valence-electron chi connectivity index (χ1n) is 4.57. The highest BCUT2D eigenvalue weighted by Gasteiger charge is 2.11. The monoisotopic (exact) mass is 270 g/mol. The van der Waals surface area contributed by atoms with E-state index in [-0.39, 0.29) is 5.75 Å². The molecule has 0 spiro atoms. The number of aromatic nitrogens is 2. The zero-order chi connectivity index (χ0) is 10.8.